The third kappa shape index (κ3) is 4.33. The minimum atomic E-state index is -0.366. The number of aryl methyl sites for hydroxylation is 1. The van der Waals surface area contributed by atoms with Crippen molar-refractivity contribution in [3.05, 3.63) is 41.1 Å². The van der Waals surface area contributed by atoms with Gasteiger partial charge in [0.1, 0.15) is 11.6 Å². The molecule has 5 heteroatoms. The Morgan fingerprint density at radius 2 is 2.09 bits per heavy atom. The number of anilines is 1. The van der Waals surface area contributed by atoms with E-state index in [1.165, 1.54) is 0 Å². The number of carbonyl (C=O) groups is 1. The van der Waals surface area contributed by atoms with Crippen LogP contribution in [0.4, 0.5) is 5.69 Å². The summed E-state index contributed by atoms with van der Waals surface area (Å²) in [5.41, 5.74) is 2.98. The van der Waals surface area contributed by atoms with Crippen LogP contribution in [0.1, 0.15) is 30.9 Å². The molecule has 2 rings (SSSR count). The SMILES string of the molecule is Cc1cccc(C(C)C)c1NC(=O)/C(C#N)=C\N1CCOCC1. The quantitative estimate of drug-likeness (QED) is 0.686. The van der Waals surface area contributed by atoms with E-state index in [1.54, 1.807) is 6.20 Å². The van der Waals surface area contributed by atoms with Crippen LogP contribution >= 0.6 is 0 Å². The maximum atomic E-state index is 12.5. The summed E-state index contributed by atoms with van der Waals surface area (Å²) < 4.78 is 5.27. The molecule has 1 fully saturated rings. The summed E-state index contributed by atoms with van der Waals surface area (Å²) in [6.07, 6.45) is 1.63. The third-order valence-electron chi connectivity index (χ3n) is 3.89. The van der Waals surface area contributed by atoms with Crippen LogP contribution in [0.5, 0.6) is 0 Å². The summed E-state index contributed by atoms with van der Waals surface area (Å²) >= 11 is 0. The molecule has 1 aromatic carbocycles. The second kappa shape index (κ2) is 7.80. The average molecular weight is 313 g/mol. The minimum Gasteiger partial charge on any atom is -0.378 e. The molecule has 1 aliphatic heterocycles. The Bertz CT molecular complexity index is 638. The standard InChI is InChI=1S/C18H23N3O2/c1-13(2)16-6-4-5-14(3)17(16)20-18(22)15(11-19)12-21-7-9-23-10-8-21/h4-6,12-13H,7-10H2,1-3H3,(H,20,22)/b15-12-. The molecule has 1 heterocycles. The van der Waals surface area contributed by atoms with Gasteiger partial charge in [0, 0.05) is 25.0 Å². The van der Waals surface area contributed by atoms with Crippen LogP contribution in [-0.2, 0) is 9.53 Å². The number of amides is 1. The van der Waals surface area contributed by atoms with Gasteiger partial charge in [-0.15, -0.1) is 0 Å². The highest BCUT2D eigenvalue weighted by Gasteiger charge is 2.17. The van der Waals surface area contributed by atoms with Crippen molar-refractivity contribution < 1.29 is 9.53 Å². The second-order valence-electron chi connectivity index (χ2n) is 5.95. The number of morpholine rings is 1. The lowest BCUT2D eigenvalue weighted by Crippen LogP contribution is -2.33. The zero-order chi connectivity index (χ0) is 16.8. The smallest absolute Gasteiger partial charge is 0.267 e. The molecule has 0 bridgehead atoms. The van der Waals surface area contributed by atoms with Crippen molar-refractivity contribution in [3.8, 4) is 6.07 Å². The van der Waals surface area contributed by atoms with Gasteiger partial charge in [0.05, 0.1) is 13.2 Å². The van der Waals surface area contributed by atoms with Crippen molar-refractivity contribution in [2.75, 3.05) is 31.6 Å². The van der Waals surface area contributed by atoms with Gasteiger partial charge < -0.3 is 15.0 Å². The molecular formula is C18H23N3O2. The molecule has 1 aliphatic rings. The molecule has 1 aromatic rings. The molecule has 0 aromatic heterocycles. The van der Waals surface area contributed by atoms with Gasteiger partial charge in [-0.25, -0.2) is 0 Å². The monoisotopic (exact) mass is 313 g/mol. The number of benzene rings is 1. The molecule has 1 saturated heterocycles. The van der Waals surface area contributed by atoms with Gasteiger partial charge in [-0.05, 0) is 24.0 Å². The maximum absolute atomic E-state index is 12.5. The van der Waals surface area contributed by atoms with E-state index < -0.39 is 0 Å². The minimum absolute atomic E-state index is 0.116. The highest BCUT2D eigenvalue weighted by atomic mass is 16.5. The molecule has 0 saturated carbocycles. The molecule has 0 spiro atoms. The number of carbonyl (C=O) groups excluding carboxylic acids is 1. The van der Waals surface area contributed by atoms with Crippen LogP contribution < -0.4 is 5.32 Å². The first-order chi connectivity index (χ1) is 11.0. The van der Waals surface area contributed by atoms with Crippen molar-refractivity contribution in [2.24, 2.45) is 0 Å². The lowest BCUT2D eigenvalue weighted by atomic mass is 9.98. The van der Waals surface area contributed by atoms with E-state index in [0.717, 1.165) is 16.8 Å². The molecule has 0 radical (unpaired) electrons. The number of nitriles is 1. The zero-order valence-electron chi connectivity index (χ0n) is 13.9. The van der Waals surface area contributed by atoms with Gasteiger partial charge in [0.2, 0.25) is 0 Å². The predicted molar refractivity (Wildman–Crippen MR) is 90.0 cm³/mol. The van der Waals surface area contributed by atoms with Crippen molar-refractivity contribution in [2.45, 2.75) is 26.7 Å². The van der Waals surface area contributed by atoms with Crippen LogP contribution in [0, 0.1) is 18.3 Å². The summed E-state index contributed by atoms with van der Waals surface area (Å²) in [6, 6.07) is 7.95. The molecule has 0 atom stereocenters. The number of nitrogens with one attached hydrogen (secondary N) is 1. The fraction of sp³-hybridized carbons (Fsp3) is 0.444. The molecule has 1 N–H and O–H groups in total. The largest absolute Gasteiger partial charge is 0.378 e. The molecule has 23 heavy (non-hydrogen) atoms. The van der Waals surface area contributed by atoms with E-state index in [9.17, 15) is 10.1 Å². The number of rotatable bonds is 4. The Morgan fingerprint density at radius 1 is 1.39 bits per heavy atom. The lowest BCUT2D eigenvalue weighted by Gasteiger charge is -2.25. The first-order valence-electron chi connectivity index (χ1n) is 7.87. The maximum Gasteiger partial charge on any atom is 0.267 e. The predicted octanol–water partition coefficient (Wildman–Crippen LogP) is 2.80. The molecule has 5 nitrogen and oxygen atoms in total. The van der Waals surface area contributed by atoms with Crippen molar-refractivity contribution >= 4 is 11.6 Å². The van der Waals surface area contributed by atoms with E-state index in [2.05, 4.69) is 19.2 Å². The van der Waals surface area contributed by atoms with Gasteiger partial charge >= 0.3 is 0 Å². The fourth-order valence-corrected chi connectivity index (χ4v) is 2.55. The van der Waals surface area contributed by atoms with Crippen LogP contribution in [0.15, 0.2) is 30.0 Å². The van der Waals surface area contributed by atoms with Gasteiger partial charge in [0.25, 0.3) is 5.91 Å². The van der Waals surface area contributed by atoms with E-state index in [0.29, 0.717) is 32.2 Å². The molecule has 122 valence electrons. The average Bonchev–Trinajstić information content (AvgIpc) is 2.55. The zero-order valence-corrected chi connectivity index (χ0v) is 13.9. The number of hydrogen-bond donors (Lipinski definition) is 1. The third-order valence-corrected chi connectivity index (χ3v) is 3.89. The van der Waals surface area contributed by atoms with Crippen LogP contribution in [-0.4, -0.2) is 37.1 Å². The summed E-state index contributed by atoms with van der Waals surface area (Å²) in [4.78, 5) is 14.4. The van der Waals surface area contributed by atoms with Gasteiger partial charge in [-0.1, -0.05) is 32.0 Å². The number of para-hydroxylation sites is 1. The Balaban J connectivity index is 2.20. The van der Waals surface area contributed by atoms with Crippen molar-refractivity contribution in [1.29, 1.82) is 5.26 Å². The number of nitrogens with zero attached hydrogens (tertiary/aromatic N) is 2. The first-order valence-corrected chi connectivity index (χ1v) is 7.87. The molecule has 0 aliphatic carbocycles. The van der Waals surface area contributed by atoms with Gasteiger partial charge in [-0.3, -0.25) is 4.79 Å². The highest BCUT2D eigenvalue weighted by molar-refractivity contribution is 6.07. The molecule has 0 unspecified atom stereocenters. The summed E-state index contributed by atoms with van der Waals surface area (Å²) in [5, 5.41) is 12.2. The van der Waals surface area contributed by atoms with E-state index in [4.69, 9.17) is 4.74 Å². The lowest BCUT2D eigenvalue weighted by molar-refractivity contribution is -0.112. The Kier molecular flexibility index (Phi) is 5.78. The Hall–Kier alpha value is -2.32. The highest BCUT2D eigenvalue weighted by Crippen LogP contribution is 2.27. The number of ether oxygens (including phenoxy) is 1. The Labute approximate surface area is 137 Å². The first kappa shape index (κ1) is 17.0. The normalized spacial score (nSPS) is 15.4. The van der Waals surface area contributed by atoms with E-state index in [-0.39, 0.29) is 11.5 Å². The van der Waals surface area contributed by atoms with Crippen LogP contribution in [0.2, 0.25) is 0 Å². The second-order valence-corrected chi connectivity index (χ2v) is 5.95. The summed E-state index contributed by atoms with van der Waals surface area (Å²) in [7, 11) is 0. The van der Waals surface area contributed by atoms with Crippen LogP contribution in [0.25, 0.3) is 0 Å². The summed E-state index contributed by atoms with van der Waals surface area (Å²) in [6.45, 7) is 8.75. The van der Waals surface area contributed by atoms with Gasteiger partial charge in [-0.2, -0.15) is 5.26 Å². The molecule has 1 amide bonds. The molecular weight excluding hydrogens is 290 g/mol. The van der Waals surface area contributed by atoms with Crippen molar-refractivity contribution in [3.63, 3.8) is 0 Å². The summed E-state index contributed by atoms with van der Waals surface area (Å²) in [5.74, 6) is -0.0749. The Morgan fingerprint density at radius 3 is 2.70 bits per heavy atom. The number of hydrogen-bond acceptors (Lipinski definition) is 4. The fourth-order valence-electron chi connectivity index (χ4n) is 2.55. The van der Waals surface area contributed by atoms with Crippen molar-refractivity contribution in [1.82, 2.24) is 4.90 Å². The van der Waals surface area contributed by atoms with E-state index >= 15 is 0 Å². The van der Waals surface area contributed by atoms with Gasteiger partial charge in [0.15, 0.2) is 0 Å². The topological polar surface area (TPSA) is 65.4 Å². The van der Waals surface area contributed by atoms with E-state index in [1.807, 2.05) is 36.1 Å². The van der Waals surface area contributed by atoms with Crippen LogP contribution in [0.3, 0.4) is 0 Å².